The third-order valence-electron chi connectivity index (χ3n) is 3.58. The quantitative estimate of drug-likeness (QED) is 0.881. The van der Waals surface area contributed by atoms with Crippen LogP contribution >= 0.6 is 15.9 Å². The third kappa shape index (κ3) is 4.55. The van der Waals surface area contributed by atoms with Gasteiger partial charge in [0.2, 0.25) is 5.91 Å². The fourth-order valence-electron chi connectivity index (χ4n) is 2.48. The van der Waals surface area contributed by atoms with Crippen LogP contribution in [0.15, 0.2) is 28.7 Å². The van der Waals surface area contributed by atoms with E-state index in [-0.39, 0.29) is 17.9 Å². The van der Waals surface area contributed by atoms with Crippen LogP contribution in [0.5, 0.6) is 0 Å². The lowest BCUT2D eigenvalue weighted by Gasteiger charge is -2.34. The van der Waals surface area contributed by atoms with E-state index in [2.05, 4.69) is 26.1 Å². The summed E-state index contributed by atoms with van der Waals surface area (Å²) < 4.78 is 0.818. The van der Waals surface area contributed by atoms with E-state index >= 15 is 0 Å². The first-order valence-corrected chi connectivity index (χ1v) is 8.32. The molecule has 0 atom stereocenters. The number of carbonyl (C=O) groups is 2. The number of amides is 2. The van der Waals surface area contributed by atoms with E-state index in [0.717, 1.165) is 17.6 Å². The van der Waals surface area contributed by atoms with E-state index in [1.165, 1.54) is 0 Å². The number of hydrogen-bond acceptors (Lipinski definition) is 3. The Morgan fingerprint density at radius 2 is 1.82 bits per heavy atom. The molecule has 1 N–H and O–H groups in total. The molecule has 6 heteroatoms. The maximum Gasteiger partial charge on any atom is 0.255 e. The van der Waals surface area contributed by atoms with Crippen molar-refractivity contribution >= 4 is 27.7 Å². The standard InChI is InChI=1S/C16H22BrN3O2/c1-12(2)18-15(21)11-19-7-9-20(10-8-19)16(22)13-5-3-4-6-14(13)17/h3-6,12H,7-11H2,1-2H3,(H,18,21). The Labute approximate surface area is 139 Å². The number of hydrogen-bond donors (Lipinski definition) is 1. The van der Waals surface area contributed by atoms with Gasteiger partial charge in [0.25, 0.3) is 5.91 Å². The van der Waals surface area contributed by atoms with Crippen LogP contribution < -0.4 is 5.32 Å². The largest absolute Gasteiger partial charge is 0.353 e. The lowest BCUT2D eigenvalue weighted by atomic mass is 10.2. The number of nitrogens with zero attached hydrogens (tertiary/aromatic N) is 2. The number of benzene rings is 1. The summed E-state index contributed by atoms with van der Waals surface area (Å²) >= 11 is 3.42. The number of halogens is 1. The summed E-state index contributed by atoms with van der Waals surface area (Å²) in [5, 5.41) is 2.89. The molecule has 0 unspecified atom stereocenters. The Kier molecular flexibility index (Phi) is 5.97. The van der Waals surface area contributed by atoms with Crippen LogP contribution in [0.1, 0.15) is 24.2 Å². The van der Waals surface area contributed by atoms with Gasteiger partial charge in [-0.15, -0.1) is 0 Å². The van der Waals surface area contributed by atoms with Crippen LogP contribution in [0.25, 0.3) is 0 Å². The van der Waals surface area contributed by atoms with Gasteiger partial charge in [0.05, 0.1) is 12.1 Å². The van der Waals surface area contributed by atoms with Gasteiger partial charge in [-0.2, -0.15) is 0 Å². The van der Waals surface area contributed by atoms with Gasteiger partial charge in [0, 0.05) is 36.7 Å². The minimum atomic E-state index is 0.0405. The average Bonchev–Trinajstić information content (AvgIpc) is 2.47. The van der Waals surface area contributed by atoms with Crippen molar-refractivity contribution in [1.29, 1.82) is 0 Å². The molecule has 2 amide bonds. The molecule has 0 saturated carbocycles. The summed E-state index contributed by atoms with van der Waals surface area (Å²) in [6.07, 6.45) is 0. The Balaban J connectivity index is 1.86. The highest BCUT2D eigenvalue weighted by Crippen LogP contribution is 2.18. The van der Waals surface area contributed by atoms with Crippen molar-refractivity contribution in [1.82, 2.24) is 15.1 Å². The van der Waals surface area contributed by atoms with Gasteiger partial charge in [-0.25, -0.2) is 0 Å². The van der Waals surface area contributed by atoms with Gasteiger partial charge in [-0.3, -0.25) is 14.5 Å². The van der Waals surface area contributed by atoms with Crippen molar-refractivity contribution in [3.8, 4) is 0 Å². The molecular weight excluding hydrogens is 346 g/mol. The predicted octanol–water partition coefficient (Wildman–Crippen LogP) is 1.73. The Bertz CT molecular complexity index is 540. The number of rotatable bonds is 4. The normalized spacial score (nSPS) is 15.9. The highest BCUT2D eigenvalue weighted by atomic mass is 79.9. The minimum Gasteiger partial charge on any atom is -0.353 e. The third-order valence-corrected chi connectivity index (χ3v) is 4.27. The van der Waals surface area contributed by atoms with Crippen molar-refractivity contribution < 1.29 is 9.59 Å². The molecule has 1 aliphatic heterocycles. The Morgan fingerprint density at radius 1 is 1.18 bits per heavy atom. The molecule has 2 rings (SSSR count). The molecule has 1 saturated heterocycles. The smallest absolute Gasteiger partial charge is 0.255 e. The van der Waals surface area contributed by atoms with E-state index in [9.17, 15) is 9.59 Å². The number of nitrogens with one attached hydrogen (secondary N) is 1. The molecule has 0 aliphatic carbocycles. The van der Waals surface area contributed by atoms with Gasteiger partial charge in [0.1, 0.15) is 0 Å². The van der Waals surface area contributed by atoms with Gasteiger partial charge in [0.15, 0.2) is 0 Å². The van der Waals surface area contributed by atoms with E-state index in [0.29, 0.717) is 25.2 Å². The first kappa shape index (κ1) is 17.0. The van der Waals surface area contributed by atoms with E-state index in [1.807, 2.05) is 43.0 Å². The maximum atomic E-state index is 12.5. The van der Waals surface area contributed by atoms with Gasteiger partial charge >= 0.3 is 0 Å². The van der Waals surface area contributed by atoms with Crippen LogP contribution in [0.2, 0.25) is 0 Å². The first-order valence-electron chi connectivity index (χ1n) is 7.53. The van der Waals surface area contributed by atoms with Crippen LogP contribution in [0.4, 0.5) is 0 Å². The summed E-state index contributed by atoms with van der Waals surface area (Å²) in [5.41, 5.74) is 0.688. The predicted molar refractivity (Wildman–Crippen MR) is 89.8 cm³/mol. The summed E-state index contributed by atoms with van der Waals surface area (Å²) in [5.74, 6) is 0.0827. The van der Waals surface area contributed by atoms with Crippen LogP contribution in [-0.2, 0) is 4.79 Å². The molecule has 1 aliphatic rings. The molecule has 1 fully saturated rings. The van der Waals surface area contributed by atoms with E-state index < -0.39 is 0 Å². The summed E-state index contributed by atoms with van der Waals surface area (Å²) in [4.78, 5) is 28.2. The Hall–Kier alpha value is -1.40. The molecule has 1 heterocycles. The fraction of sp³-hybridized carbons (Fsp3) is 0.500. The zero-order chi connectivity index (χ0) is 16.1. The maximum absolute atomic E-state index is 12.5. The molecule has 0 spiro atoms. The van der Waals surface area contributed by atoms with Crippen LogP contribution in [-0.4, -0.2) is 60.4 Å². The van der Waals surface area contributed by atoms with Gasteiger partial charge < -0.3 is 10.2 Å². The molecule has 1 aromatic rings. The van der Waals surface area contributed by atoms with Crippen molar-refractivity contribution in [3.63, 3.8) is 0 Å². The van der Waals surface area contributed by atoms with Gasteiger partial charge in [-0.1, -0.05) is 12.1 Å². The van der Waals surface area contributed by atoms with Gasteiger partial charge in [-0.05, 0) is 41.9 Å². The van der Waals surface area contributed by atoms with Crippen molar-refractivity contribution in [3.05, 3.63) is 34.3 Å². The SMILES string of the molecule is CC(C)NC(=O)CN1CCN(C(=O)c2ccccc2Br)CC1. The second-order valence-electron chi connectivity index (χ2n) is 5.77. The molecule has 1 aromatic carbocycles. The molecule has 0 aromatic heterocycles. The molecular formula is C16H22BrN3O2. The summed E-state index contributed by atoms with van der Waals surface area (Å²) in [6.45, 7) is 7.04. The highest BCUT2D eigenvalue weighted by Gasteiger charge is 2.24. The molecule has 0 bridgehead atoms. The zero-order valence-corrected chi connectivity index (χ0v) is 14.6. The zero-order valence-electron chi connectivity index (χ0n) is 13.0. The van der Waals surface area contributed by atoms with Crippen molar-refractivity contribution in [2.24, 2.45) is 0 Å². The van der Waals surface area contributed by atoms with Crippen LogP contribution in [0, 0.1) is 0 Å². The minimum absolute atomic E-state index is 0.0405. The average molecular weight is 368 g/mol. The molecule has 0 radical (unpaired) electrons. The molecule has 120 valence electrons. The summed E-state index contributed by atoms with van der Waals surface area (Å²) in [7, 11) is 0. The molecule has 5 nitrogen and oxygen atoms in total. The fourth-order valence-corrected chi connectivity index (χ4v) is 2.94. The molecule has 22 heavy (non-hydrogen) atoms. The lowest BCUT2D eigenvalue weighted by molar-refractivity contribution is -0.123. The first-order chi connectivity index (χ1) is 10.5. The lowest BCUT2D eigenvalue weighted by Crippen LogP contribution is -2.51. The highest BCUT2D eigenvalue weighted by molar-refractivity contribution is 9.10. The second kappa shape index (κ2) is 7.74. The van der Waals surface area contributed by atoms with E-state index in [1.54, 1.807) is 0 Å². The van der Waals surface area contributed by atoms with Crippen molar-refractivity contribution in [2.75, 3.05) is 32.7 Å². The van der Waals surface area contributed by atoms with Crippen molar-refractivity contribution in [2.45, 2.75) is 19.9 Å². The number of carbonyl (C=O) groups excluding carboxylic acids is 2. The van der Waals surface area contributed by atoms with E-state index in [4.69, 9.17) is 0 Å². The van der Waals surface area contributed by atoms with Crippen LogP contribution in [0.3, 0.4) is 0 Å². The number of piperazine rings is 1. The second-order valence-corrected chi connectivity index (χ2v) is 6.62. The Morgan fingerprint density at radius 3 is 2.41 bits per heavy atom. The summed E-state index contributed by atoms with van der Waals surface area (Å²) in [6, 6.07) is 7.62. The topological polar surface area (TPSA) is 52.7 Å². The monoisotopic (exact) mass is 367 g/mol.